The van der Waals surface area contributed by atoms with Crippen molar-refractivity contribution in [2.45, 2.75) is 38.4 Å². The van der Waals surface area contributed by atoms with Crippen LogP contribution in [0.4, 0.5) is 0 Å². The van der Waals surface area contributed by atoms with Crippen molar-refractivity contribution in [3.8, 4) is 11.8 Å². The third-order valence-corrected chi connectivity index (χ3v) is 4.19. The molecular weight excluding hydrogens is 250 g/mol. The normalized spacial score (nSPS) is 23.3. The predicted molar refractivity (Wildman–Crippen MR) is 79.7 cm³/mol. The zero-order chi connectivity index (χ0) is 14.5. The lowest BCUT2D eigenvalue weighted by atomic mass is 9.98. The Labute approximate surface area is 121 Å². The van der Waals surface area contributed by atoms with Crippen molar-refractivity contribution in [1.29, 1.82) is 5.26 Å². The molecule has 0 bridgehead atoms. The standard InChI is InChI=1S/C16H23N3O/c1-12-8-15(6-7-19(12)2)18-11-13-4-5-16(20-3)14(9-13)10-17/h4-5,9,12,15,18H,6-8,11H2,1-3H3. The highest BCUT2D eigenvalue weighted by atomic mass is 16.5. The van der Waals surface area contributed by atoms with Crippen LogP contribution in [0.2, 0.25) is 0 Å². The van der Waals surface area contributed by atoms with E-state index in [2.05, 4.69) is 30.3 Å². The van der Waals surface area contributed by atoms with Crippen molar-refractivity contribution < 1.29 is 4.74 Å². The van der Waals surface area contributed by atoms with Crippen molar-refractivity contribution in [3.05, 3.63) is 29.3 Å². The number of nitriles is 1. The van der Waals surface area contributed by atoms with Gasteiger partial charge in [0.05, 0.1) is 12.7 Å². The molecule has 2 unspecified atom stereocenters. The smallest absolute Gasteiger partial charge is 0.136 e. The Morgan fingerprint density at radius 1 is 1.50 bits per heavy atom. The van der Waals surface area contributed by atoms with Crippen molar-refractivity contribution >= 4 is 0 Å². The van der Waals surface area contributed by atoms with Gasteiger partial charge in [0.2, 0.25) is 0 Å². The molecule has 0 aromatic heterocycles. The molecule has 2 atom stereocenters. The molecular formula is C16H23N3O. The minimum Gasteiger partial charge on any atom is -0.495 e. The summed E-state index contributed by atoms with van der Waals surface area (Å²) in [5.41, 5.74) is 1.73. The zero-order valence-electron chi connectivity index (χ0n) is 12.5. The van der Waals surface area contributed by atoms with E-state index in [9.17, 15) is 0 Å². The van der Waals surface area contributed by atoms with Gasteiger partial charge < -0.3 is 15.0 Å². The number of hydrogen-bond donors (Lipinski definition) is 1. The van der Waals surface area contributed by atoms with Gasteiger partial charge in [0.1, 0.15) is 11.8 Å². The van der Waals surface area contributed by atoms with E-state index in [0.29, 0.717) is 23.4 Å². The van der Waals surface area contributed by atoms with E-state index >= 15 is 0 Å². The molecule has 0 radical (unpaired) electrons. The van der Waals surface area contributed by atoms with E-state index in [1.165, 1.54) is 12.8 Å². The highest BCUT2D eigenvalue weighted by molar-refractivity contribution is 5.45. The highest BCUT2D eigenvalue weighted by Crippen LogP contribution is 2.20. The molecule has 0 spiro atoms. The fourth-order valence-electron chi connectivity index (χ4n) is 2.69. The summed E-state index contributed by atoms with van der Waals surface area (Å²) < 4.78 is 5.16. The van der Waals surface area contributed by atoms with E-state index in [4.69, 9.17) is 10.00 Å². The number of piperidine rings is 1. The minimum absolute atomic E-state index is 0.564. The summed E-state index contributed by atoms with van der Waals surface area (Å²) in [5.74, 6) is 0.643. The summed E-state index contributed by atoms with van der Waals surface area (Å²) in [5, 5.41) is 12.7. The summed E-state index contributed by atoms with van der Waals surface area (Å²) in [6.45, 7) is 4.22. The van der Waals surface area contributed by atoms with Crippen molar-refractivity contribution in [1.82, 2.24) is 10.2 Å². The molecule has 1 aliphatic heterocycles. The molecule has 2 rings (SSSR count). The largest absolute Gasteiger partial charge is 0.495 e. The molecule has 0 saturated carbocycles. The lowest BCUT2D eigenvalue weighted by Crippen LogP contribution is -2.45. The molecule has 1 heterocycles. The van der Waals surface area contributed by atoms with Crippen molar-refractivity contribution in [3.63, 3.8) is 0 Å². The minimum atomic E-state index is 0.564. The van der Waals surface area contributed by atoms with Gasteiger partial charge >= 0.3 is 0 Å². The van der Waals surface area contributed by atoms with Gasteiger partial charge in [-0.3, -0.25) is 0 Å². The Kier molecular flexibility index (Phi) is 4.99. The molecule has 0 aliphatic carbocycles. The van der Waals surface area contributed by atoms with Gasteiger partial charge in [-0.25, -0.2) is 0 Å². The molecule has 1 fully saturated rings. The number of rotatable bonds is 4. The summed E-state index contributed by atoms with van der Waals surface area (Å²) in [4.78, 5) is 2.40. The van der Waals surface area contributed by atoms with Crippen LogP contribution in [-0.2, 0) is 6.54 Å². The van der Waals surface area contributed by atoms with Gasteiger partial charge in [-0.2, -0.15) is 5.26 Å². The van der Waals surface area contributed by atoms with Gasteiger partial charge in [-0.1, -0.05) is 6.07 Å². The maximum absolute atomic E-state index is 9.10. The Bertz CT molecular complexity index is 495. The average molecular weight is 273 g/mol. The van der Waals surface area contributed by atoms with Gasteiger partial charge in [0, 0.05) is 18.6 Å². The first-order valence-corrected chi connectivity index (χ1v) is 7.14. The monoisotopic (exact) mass is 273 g/mol. The fraction of sp³-hybridized carbons (Fsp3) is 0.562. The van der Waals surface area contributed by atoms with Gasteiger partial charge in [0.25, 0.3) is 0 Å². The van der Waals surface area contributed by atoms with Crippen LogP contribution < -0.4 is 10.1 Å². The maximum Gasteiger partial charge on any atom is 0.136 e. The Morgan fingerprint density at radius 2 is 2.30 bits per heavy atom. The highest BCUT2D eigenvalue weighted by Gasteiger charge is 2.22. The number of hydrogen-bond acceptors (Lipinski definition) is 4. The zero-order valence-corrected chi connectivity index (χ0v) is 12.5. The predicted octanol–water partition coefficient (Wildman–Crippen LogP) is 2.14. The third kappa shape index (κ3) is 3.50. The summed E-state index contributed by atoms with van der Waals surface area (Å²) >= 11 is 0. The molecule has 1 aromatic carbocycles. The van der Waals surface area contributed by atoms with Crippen LogP contribution in [0.15, 0.2) is 18.2 Å². The lowest BCUT2D eigenvalue weighted by Gasteiger charge is -2.35. The Balaban J connectivity index is 1.93. The van der Waals surface area contributed by atoms with E-state index in [-0.39, 0.29) is 0 Å². The van der Waals surface area contributed by atoms with E-state index in [1.807, 2.05) is 18.2 Å². The van der Waals surface area contributed by atoms with Crippen LogP contribution in [0.25, 0.3) is 0 Å². The lowest BCUT2D eigenvalue weighted by molar-refractivity contribution is 0.168. The molecule has 1 aromatic rings. The van der Waals surface area contributed by atoms with Crippen LogP contribution >= 0.6 is 0 Å². The number of likely N-dealkylation sites (tertiary alicyclic amines) is 1. The second kappa shape index (κ2) is 6.74. The number of benzene rings is 1. The quantitative estimate of drug-likeness (QED) is 0.913. The molecule has 1 saturated heterocycles. The van der Waals surface area contributed by atoms with Crippen molar-refractivity contribution in [2.24, 2.45) is 0 Å². The molecule has 0 amide bonds. The summed E-state index contributed by atoms with van der Waals surface area (Å²) in [6.07, 6.45) is 2.36. The number of ether oxygens (including phenoxy) is 1. The third-order valence-electron chi connectivity index (χ3n) is 4.19. The van der Waals surface area contributed by atoms with E-state index < -0.39 is 0 Å². The van der Waals surface area contributed by atoms with Crippen LogP contribution in [0.5, 0.6) is 5.75 Å². The molecule has 4 heteroatoms. The summed E-state index contributed by atoms with van der Waals surface area (Å²) in [7, 11) is 3.78. The van der Waals surface area contributed by atoms with Crippen LogP contribution in [0.1, 0.15) is 30.9 Å². The van der Waals surface area contributed by atoms with Crippen LogP contribution in [0, 0.1) is 11.3 Å². The number of methoxy groups -OCH3 is 1. The topological polar surface area (TPSA) is 48.3 Å². The Hall–Kier alpha value is -1.57. The second-order valence-corrected chi connectivity index (χ2v) is 5.58. The molecule has 1 aliphatic rings. The average Bonchev–Trinajstić information content (AvgIpc) is 2.48. The fourth-order valence-corrected chi connectivity index (χ4v) is 2.69. The number of nitrogens with zero attached hydrogens (tertiary/aromatic N) is 2. The van der Waals surface area contributed by atoms with Gasteiger partial charge in [-0.15, -0.1) is 0 Å². The Morgan fingerprint density at radius 3 is 2.95 bits per heavy atom. The first-order valence-electron chi connectivity index (χ1n) is 7.14. The van der Waals surface area contributed by atoms with E-state index in [0.717, 1.165) is 18.7 Å². The molecule has 20 heavy (non-hydrogen) atoms. The second-order valence-electron chi connectivity index (χ2n) is 5.58. The van der Waals surface area contributed by atoms with Gasteiger partial charge in [0.15, 0.2) is 0 Å². The molecule has 4 nitrogen and oxygen atoms in total. The van der Waals surface area contributed by atoms with E-state index in [1.54, 1.807) is 7.11 Å². The summed E-state index contributed by atoms with van der Waals surface area (Å²) in [6, 6.07) is 9.17. The number of nitrogens with one attached hydrogen (secondary N) is 1. The van der Waals surface area contributed by atoms with Crippen LogP contribution in [-0.4, -0.2) is 37.7 Å². The molecule has 108 valence electrons. The first-order chi connectivity index (χ1) is 9.63. The first kappa shape index (κ1) is 14.8. The van der Waals surface area contributed by atoms with Crippen molar-refractivity contribution in [2.75, 3.05) is 20.7 Å². The van der Waals surface area contributed by atoms with Crippen LogP contribution in [0.3, 0.4) is 0 Å². The molecule has 1 N–H and O–H groups in total. The van der Waals surface area contributed by atoms with Gasteiger partial charge in [-0.05, 0) is 51.1 Å². The maximum atomic E-state index is 9.10. The SMILES string of the molecule is COc1ccc(CNC2CCN(C)C(C)C2)cc1C#N.